The Morgan fingerprint density at radius 3 is 2.35 bits per heavy atom. The largest absolute Gasteiger partial charge is 0.481 e. The molecule has 1 rings (SSSR count). The molecule has 1 aromatic rings. The summed E-state index contributed by atoms with van der Waals surface area (Å²) < 4.78 is 0. The number of benzene rings is 1. The van der Waals surface area contributed by atoms with E-state index >= 15 is 0 Å². The van der Waals surface area contributed by atoms with Crippen LogP contribution in [0.25, 0.3) is 0 Å². The lowest BCUT2D eigenvalue weighted by atomic mass is 9.97. The van der Waals surface area contributed by atoms with Crippen LogP contribution in [0.2, 0.25) is 19.6 Å². The maximum atomic E-state index is 10.9. The van der Waals surface area contributed by atoms with Crippen LogP contribution in [0.5, 0.6) is 0 Å². The first-order chi connectivity index (χ1) is 7.88. The van der Waals surface area contributed by atoms with Crippen LogP contribution in [-0.2, 0) is 4.79 Å². The molecule has 17 heavy (non-hydrogen) atoms. The van der Waals surface area contributed by atoms with Crippen LogP contribution in [0.15, 0.2) is 30.3 Å². The Hall–Kier alpha value is -1.53. The third-order valence-electron chi connectivity index (χ3n) is 2.20. The summed E-state index contributed by atoms with van der Waals surface area (Å²) in [5.41, 5.74) is 4.24. The number of carboxylic acids is 1. The molecule has 0 aliphatic heterocycles. The van der Waals surface area contributed by atoms with Crippen LogP contribution in [0, 0.1) is 11.5 Å². The van der Waals surface area contributed by atoms with Crippen molar-refractivity contribution in [3.05, 3.63) is 35.9 Å². The SMILES string of the molecule is C[Si](C)(C)C#C[C@H](CC(=O)O)c1ccccc1. The number of aliphatic carboxylic acids is 1. The van der Waals surface area contributed by atoms with Gasteiger partial charge >= 0.3 is 5.97 Å². The minimum absolute atomic E-state index is 0.0709. The van der Waals surface area contributed by atoms with E-state index in [0.29, 0.717) is 0 Å². The Morgan fingerprint density at radius 2 is 1.88 bits per heavy atom. The molecule has 0 saturated carbocycles. The molecular formula is C14H18O2Si. The van der Waals surface area contributed by atoms with E-state index in [1.54, 1.807) is 0 Å². The molecule has 0 heterocycles. The lowest BCUT2D eigenvalue weighted by molar-refractivity contribution is -0.137. The second-order valence-corrected chi connectivity index (χ2v) is 9.83. The summed E-state index contributed by atoms with van der Waals surface area (Å²) in [4.78, 5) is 10.9. The third-order valence-corrected chi connectivity index (χ3v) is 3.10. The zero-order valence-corrected chi connectivity index (χ0v) is 11.5. The van der Waals surface area contributed by atoms with Gasteiger partial charge in [-0.05, 0) is 5.56 Å². The fourth-order valence-corrected chi connectivity index (χ4v) is 2.02. The standard InChI is InChI=1S/C14H18O2Si/c1-17(2,3)10-9-13(11-14(15)16)12-7-5-4-6-8-12/h4-8,13H,11H2,1-3H3,(H,15,16)/t13-/m1/s1. The van der Waals surface area contributed by atoms with Crippen molar-refractivity contribution in [2.24, 2.45) is 0 Å². The van der Waals surface area contributed by atoms with Crippen molar-refractivity contribution in [2.45, 2.75) is 32.0 Å². The normalized spacial score (nSPS) is 12.4. The highest BCUT2D eigenvalue weighted by molar-refractivity contribution is 6.83. The second-order valence-electron chi connectivity index (χ2n) is 5.08. The van der Waals surface area contributed by atoms with Crippen LogP contribution in [0.3, 0.4) is 0 Å². The van der Waals surface area contributed by atoms with Crippen LogP contribution >= 0.6 is 0 Å². The van der Waals surface area contributed by atoms with E-state index in [1.807, 2.05) is 30.3 Å². The predicted molar refractivity (Wildman–Crippen MR) is 72.6 cm³/mol. The van der Waals surface area contributed by atoms with Crippen molar-refractivity contribution in [3.63, 3.8) is 0 Å². The highest BCUT2D eigenvalue weighted by Gasteiger charge is 2.14. The second kappa shape index (κ2) is 5.69. The number of hydrogen-bond acceptors (Lipinski definition) is 1. The molecule has 0 bridgehead atoms. The zero-order chi connectivity index (χ0) is 12.9. The summed E-state index contributed by atoms with van der Waals surface area (Å²) in [7, 11) is -1.46. The lowest BCUT2D eigenvalue weighted by Crippen LogP contribution is -2.17. The Morgan fingerprint density at radius 1 is 1.29 bits per heavy atom. The lowest BCUT2D eigenvalue weighted by Gasteiger charge is -2.10. The molecule has 0 fully saturated rings. The topological polar surface area (TPSA) is 37.3 Å². The van der Waals surface area contributed by atoms with Crippen molar-refractivity contribution in [2.75, 3.05) is 0 Å². The van der Waals surface area contributed by atoms with Gasteiger partial charge in [-0.25, -0.2) is 0 Å². The minimum Gasteiger partial charge on any atom is -0.481 e. The minimum atomic E-state index is -1.46. The van der Waals surface area contributed by atoms with Gasteiger partial charge < -0.3 is 5.11 Å². The highest BCUT2D eigenvalue weighted by Crippen LogP contribution is 2.18. The van der Waals surface area contributed by atoms with Crippen LogP contribution in [0.1, 0.15) is 17.9 Å². The molecule has 0 spiro atoms. The number of carbonyl (C=O) groups is 1. The van der Waals surface area contributed by atoms with Crippen molar-refractivity contribution in [3.8, 4) is 11.5 Å². The van der Waals surface area contributed by atoms with Crippen LogP contribution in [0.4, 0.5) is 0 Å². The quantitative estimate of drug-likeness (QED) is 0.657. The molecule has 0 unspecified atom stereocenters. The summed E-state index contributed by atoms with van der Waals surface area (Å²) in [5.74, 6) is 2.14. The molecule has 0 radical (unpaired) electrons. The molecule has 0 aromatic heterocycles. The van der Waals surface area contributed by atoms with Gasteiger partial charge in [0.05, 0.1) is 12.3 Å². The number of rotatable bonds is 3. The van der Waals surface area contributed by atoms with Crippen molar-refractivity contribution >= 4 is 14.0 Å². The van der Waals surface area contributed by atoms with Gasteiger partial charge in [-0.1, -0.05) is 50.0 Å². The van der Waals surface area contributed by atoms with Gasteiger partial charge in [0.15, 0.2) is 0 Å². The molecule has 1 aromatic carbocycles. The Bertz CT molecular complexity index is 435. The molecule has 0 amide bonds. The molecule has 3 heteroatoms. The van der Waals surface area contributed by atoms with Crippen molar-refractivity contribution < 1.29 is 9.90 Å². The zero-order valence-electron chi connectivity index (χ0n) is 10.5. The monoisotopic (exact) mass is 246 g/mol. The van der Waals surface area contributed by atoms with Gasteiger partial charge in [-0.2, -0.15) is 0 Å². The molecule has 90 valence electrons. The fraction of sp³-hybridized carbons (Fsp3) is 0.357. The Labute approximate surface area is 104 Å². The van der Waals surface area contributed by atoms with Gasteiger partial charge in [0.25, 0.3) is 0 Å². The fourth-order valence-electron chi connectivity index (χ4n) is 1.42. The van der Waals surface area contributed by atoms with E-state index in [2.05, 4.69) is 31.1 Å². The molecule has 2 nitrogen and oxygen atoms in total. The van der Waals surface area contributed by atoms with E-state index < -0.39 is 14.0 Å². The average Bonchev–Trinajstić information content (AvgIpc) is 2.24. The summed E-state index contributed by atoms with van der Waals surface area (Å²) >= 11 is 0. The van der Waals surface area contributed by atoms with Gasteiger partial charge in [-0.15, -0.1) is 11.5 Å². The Balaban J connectivity index is 2.96. The maximum Gasteiger partial charge on any atom is 0.304 e. The summed E-state index contributed by atoms with van der Waals surface area (Å²) in [5, 5.41) is 8.92. The molecule has 1 atom stereocenters. The molecule has 0 saturated heterocycles. The van der Waals surface area contributed by atoms with Crippen LogP contribution < -0.4 is 0 Å². The van der Waals surface area contributed by atoms with E-state index in [4.69, 9.17) is 5.11 Å². The maximum absolute atomic E-state index is 10.9. The first-order valence-corrected chi connectivity index (χ1v) is 9.18. The molecular weight excluding hydrogens is 228 g/mol. The van der Waals surface area contributed by atoms with E-state index in [-0.39, 0.29) is 12.3 Å². The van der Waals surface area contributed by atoms with Crippen molar-refractivity contribution in [1.29, 1.82) is 0 Å². The van der Waals surface area contributed by atoms with Gasteiger partial charge in [0.2, 0.25) is 0 Å². The first-order valence-electron chi connectivity index (χ1n) is 5.68. The van der Waals surface area contributed by atoms with Gasteiger partial charge in [0.1, 0.15) is 8.07 Å². The van der Waals surface area contributed by atoms with E-state index in [0.717, 1.165) is 5.56 Å². The summed E-state index contributed by atoms with van der Waals surface area (Å²) in [6.07, 6.45) is 0.0709. The van der Waals surface area contributed by atoms with E-state index in [9.17, 15) is 4.79 Å². The molecule has 0 aliphatic carbocycles. The summed E-state index contributed by atoms with van der Waals surface area (Å²) in [6, 6.07) is 9.63. The average molecular weight is 246 g/mol. The molecule has 1 N–H and O–H groups in total. The third kappa shape index (κ3) is 5.37. The smallest absolute Gasteiger partial charge is 0.304 e. The van der Waals surface area contributed by atoms with E-state index in [1.165, 1.54) is 0 Å². The van der Waals surface area contributed by atoms with Gasteiger partial charge in [-0.3, -0.25) is 4.79 Å². The highest BCUT2D eigenvalue weighted by atomic mass is 28.3. The van der Waals surface area contributed by atoms with Gasteiger partial charge in [0, 0.05) is 0 Å². The number of hydrogen-bond donors (Lipinski definition) is 1. The molecule has 0 aliphatic rings. The number of carboxylic acid groups (broad SMARTS) is 1. The van der Waals surface area contributed by atoms with Crippen LogP contribution in [-0.4, -0.2) is 19.1 Å². The Kier molecular flexibility index (Phi) is 4.53. The predicted octanol–water partition coefficient (Wildman–Crippen LogP) is 3.13. The summed E-state index contributed by atoms with van der Waals surface area (Å²) in [6.45, 7) is 6.47. The first kappa shape index (κ1) is 13.5. The van der Waals surface area contributed by atoms with Crippen molar-refractivity contribution in [1.82, 2.24) is 0 Å².